The van der Waals surface area contributed by atoms with Gasteiger partial charge in [0.25, 0.3) is 5.91 Å². The molecule has 1 aromatic carbocycles. The van der Waals surface area contributed by atoms with Crippen molar-refractivity contribution in [2.45, 2.75) is 24.9 Å². The quantitative estimate of drug-likeness (QED) is 0.754. The Hall–Kier alpha value is -1.92. The second-order valence-corrected chi connectivity index (χ2v) is 5.40. The van der Waals surface area contributed by atoms with E-state index in [1.165, 1.54) is 0 Å². The normalized spacial score (nSPS) is 21.6. The predicted octanol–water partition coefficient (Wildman–Crippen LogP) is 0.506. The topological polar surface area (TPSA) is 79.5 Å². The van der Waals surface area contributed by atoms with E-state index in [0.717, 1.165) is 12.8 Å². The van der Waals surface area contributed by atoms with Gasteiger partial charge in [-0.25, -0.2) is 0 Å². The Morgan fingerprint density at radius 2 is 1.95 bits per heavy atom. The molecule has 2 amide bonds. The van der Waals surface area contributed by atoms with E-state index < -0.39 is 0 Å². The number of morpholine rings is 1. The summed E-state index contributed by atoms with van der Waals surface area (Å²) in [5, 5.41) is 8.84. The highest BCUT2D eigenvalue weighted by molar-refractivity contribution is 5.97. The van der Waals surface area contributed by atoms with Gasteiger partial charge in [0.2, 0.25) is 5.91 Å². The fourth-order valence-corrected chi connectivity index (χ4v) is 2.16. The molecule has 1 aromatic rings. The second-order valence-electron chi connectivity index (χ2n) is 5.40. The zero-order valence-corrected chi connectivity index (χ0v) is 11.7. The van der Waals surface area contributed by atoms with Crippen LogP contribution in [0.15, 0.2) is 24.3 Å². The lowest BCUT2D eigenvalue weighted by Crippen LogP contribution is -2.48. The maximum Gasteiger partial charge on any atom is 0.251 e. The highest BCUT2D eigenvalue weighted by atomic mass is 16.5. The van der Waals surface area contributed by atoms with Crippen LogP contribution in [0.5, 0.6) is 0 Å². The number of ether oxygens (including phenoxy) is 1. The number of hydrogen-bond acceptors (Lipinski definition) is 4. The summed E-state index contributed by atoms with van der Waals surface area (Å²) in [6.45, 7) is 1.70. The van der Waals surface area contributed by atoms with E-state index >= 15 is 0 Å². The maximum absolute atomic E-state index is 12.0. The number of benzene rings is 1. The molecular formula is C15H19N3O3. The fraction of sp³-hybridized carbons (Fsp3) is 0.467. The monoisotopic (exact) mass is 289 g/mol. The van der Waals surface area contributed by atoms with Gasteiger partial charge in [-0.15, -0.1) is 0 Å². The average molecular weight is 289 g/mol. The van der Waals surface area contributed by atoms with Crippen molar-refractivity contribution < 1.29 is 14.3 Å². The minimum Gasteiger partial charge on any atom is -0.378 e. The molecule has 1 saturated heterocycles. The number of nitrogens with one attached hydrogen (secondary N) is 3. The van der Waals surface area contributed by atoms with Crippen LogP contribution in [0.2, 0.25) is 0 Å². The zero-order chi connectivity index (χ0) is 14.7. The van der Waals surface area contributed by atoms with Crippen molar-refractivity contribution in [2.75, 3.05) is 25.1 Å². The lowest BCUT2D eigenvalue weighted by molar-refractivity contribution is -0.120. The number of carbonyl (C=O) groups excluding carboxylic acids is 2. The van der Waals surface area contributed by atoms with Gasteiger partial charge in [-0.05, 0) is 37.1 Å². The molecule has 6 nitrogen and oxygen atoms in total. The maximum atomic E-state index is 12.0. The minimum atomic E-state index is -0.323. The zero-order valence-electron chi connectivity index (χ0n) is 11.7. The first-order valence-electron chi connectivity index (χ1n) is 7.25. The van der Waals surface area contributed by atoms with Gasteiger partial charge in [-0.2, -0.15) is 0 Å². The van der Waals surface area contributed by atoms with Crippen molar-refractivity contribution in [3.8, 4) is 0 Å². The molecule has 1 aliphatic heterocycles. The summed E-state index contributed by atoms with van der Waals surface area (Å²) < 4.78 is 5.26. The lowest BCUT2D eigenvalue weighted by atomic mass is 10.2. The van der Waals surface area contributed by atoms with E-state index in [0.29, 0.717) is 37.1 Å². The van der Waals surface area contributed by atoms with Crippen LogP contribution in [0.3, 0.4) is 0 Å². The predicted molar refractivity (Wildman–Crippen MR) is 78.2 cm³/mol. The fourth-order valence-electron chi connectivity index (χ4n) is 2.16. The third kappa shape index (κ3) is 3.80. The second kappa shape index (κ2) is 6.24. The van der Waals surface area contributed by atoms with E-state index in [2.05, 4.69) is 16.0 Å². The molecule has 1 saturated carbocycles. The Balaban J connectivity index is 1.55. The van der Waals surface area contributed by atoms with Gasteiger partial charge in [0.05, 0.1) is 13.2 Å². The molecule has 21 heavy (non-hydrogen) atoms. The largest absolute Gasteiger partial charge is 0.378 e. The molecule has 1 heterocycles. The van der Waals surface area contributed by atoms with Crippen molar-refractivity contribution in [1.29, 1.82) is 0 Å². The molecule has 1 unspecified atom stereocenters. The van der Waals surface area contributed by atoms with E-state index in [9.17, 15) is 9.59 Å². The molecular weight excluding hydrogens is 270 g/mol. The number of hydrogen-bond donors (Lipinski definition) is 3. The Bertz CT molecular complexity index is 519. The molecule has 6 heteroatoms. The van der Waals surface area contributed by atoms with Crippen LogP contribution in [0.1, 0.15) is 23.2 Å². The average Bonchev–Trinajstić information content (AvgIpc) is 3.33. The van der Waals surface area contributed by atoms with E-state index in [1.54, 1.807) is 24.3 Å². The van der Waals surface area contributed by atoms with Crippen molar-refractivity contribution in [3.63, 3.8) is 0 Å². The third-order valence-electron chi connectivity index (χ3n) is 3.57. The molecule has 3 rings (SSSR count). The summed E-state index contributed by atoms with van der Waals surface area (Å²) in [5.74, 6) is -0.178. The standard InChI is InChI=1S/C15H19N3O3/c19-14(17-12-5-6-12)10-1-3-11(4-2-10)18-15(20)13-9-21-8-7-16-13/h1-4,12-13,16H,5-9H2,(H,17,19)(H,18,20). The van der Waals surface area contributed by atoms with Crippen LogP contribution in [0.4, 0.5) is 5.69 Å². The summed E-state index contributed by atoms with van der Waals surface area (Å²) in [4.78, 5) is 23.9. The van der Waals surface area contributed by atoms with Crippen LogP contribution >= 0.6 is 0 Å². The number of amides is 2. The first-order chi connectivity index (χ1) is 10.2. The summed E-state index contributed by atoms with van der Waals surface area (Å²) >= 11 is 0. The minimum absolute atomic E-state index is 0.0577. The molecule has 3 N–H and O–H groups in total. The first kappa shape index (κ1) is 14.0. The number of rotatable bonds is 4. The van der Waals surface area contributed by atoms with Crippen molar-refractivity contribution in [3.05, 3.63) is 29.8 Å². The summed E-state index contributed by atoms with van der Waals surface area (Å²) in [5.41, 5.74) is 1.29. The van der Waals surface area contributed by atoms with Crippen molar-refractivity contribution in [1.82, 2.24) is 10.6 Å². The molecule has 2 aliphatic rings. The van der Waals surface area contributed by atoms with Crippen LogP contribution in [-0.2, 0) is 9.53 Å². The van der Waals surface area contributed by atoms with Gasteiger partial charge < -0.3 is 20.7 Å². The summed E-state index contributed by atoms with van der Waals surface area (Å²) in [6, 6.07) is 6.94. The van der Waals surface area contributed by atoms with Crippen LogP contribution in [-0.4, -0.2) is 43.7 Å². The van der Waals surface area contributed by atoms with Gasteiger partial charge in [0.15, 0.2) is 0 Å². The van der Waals surface area contributed by atoms with E-state index in [1.807, 2.05) is 0 Å². The van der Waals surface area contributed by atoms with Gasteiger partial charge >= 0.3 is 0 Å². The molecule has 0 bridgehead atoms. The highest BCUT2D eigenvalue weighted by Gasteiger charge is 2.24. The molecule has 112 valence electrons. The van der Waals surface area contributed by atoms with Crippen LogP contribution in [0, 0.1) is 0 Å². The first-order valence-corrected chi connectivity index (χ1v) is 7.25. The molecule has 0 radical (unpaired) electrons. The van der Waals surface area contributed by atoms with Gasteiger partial charge in [0.1, 0.15) is 6.04 Å². The molecule has 2 fully saturated rings. The van der Waals surface area contributed by atoms with Gasteiger partial charge in [0, 0.05) is 23.8 Å². The lowest BCUT2D eigenvalue weighted by Gasteiger charge is -2.22. The Labute approximate surface area is 123 Å². The SMILES string of the molecule is O=C(NC1CC1)c1ccc(NC(=O)C2COCCN2)cc1. The van der Waals surface area contributed by atoms with E-state index in [4.69, 9.17) is 4.74 Å². The molecule has 0 aromatic heterocycles. The van der Waals surface area contributed by atoms with E-state index in [-0.39, 0.29) is 17.9 Å². The Kier molecular flexibility index (Phi) is 4.17. The highest BCUT2D eigenvalue weighted by Crippen LogP contribution is 2.19. The van der Waals surface area contributed by atoms with Crippen molar-refractivity contribution in [2.24, 2.45) is 0 Å². The van der Waals surface area contributed by atoms with Crippen LogP contribution in [0.25, 0.3) is 0 Å². The molecule has 0 spiro atoms. The van der Waals surface area contributed by atoms with Crippen molar-refractivity contribution >= 4 is 17.5 Å². The number of anilines is 1. The molecule has 1 atom stereocenters. The summed E-state index contributed by atoms with van der Waals surface area (Å²) in [6.07, 6.45) is 2.13. The Morgan fingerprint density at radius 3 is 2.57 bits per heavy atom. The summed E-state index contributed by atoms with van der Waals surface area (Å²) in [7, 11) is 0. The van der Waals surface area contributed by atoms with Gasteiger partial charge in [-0.1, -0.05) is 0 Å². The molecule has 1 aliphatic carbocycles. The third-order valence-corrected chi connectivity index (χ3v) is 3.57. The Morgan fingerprint density at radius 1 is 1.19 bits per heavy atom. The number of carbonyl (C=O) groups is 2. The van der Waals surface area contributed by atoms with Crippen LogP contribution < -0.4 is 16.0 Å². The smallest absolute Gasteiger partial charge is 0.251 e. The van der Waals surface area contributed by atoms with Gasteiger partial charge in [-0.3, -0.25) is 9.59 Å².